The number of allylic oxidation sites excluding steroid dienone is 1. The largest absolute Gasteiger partial charge is 0.507 e. The molecule has 0 aromatic heterocycles. The van der Waals surface area contributed by atoms with Gasteiger partial charge in [0, 0.05) is 12.5 Å². The Morgan fingerprint density at radius 3 is 2.12 bits per heavy atom. The Morgan fingerprint density at radius 1 is 1.21 bits per heavy atom. The molecule has 9 heteroatoms. The van der Waals surface area contributed by atoms with Crippen LogP contribution in [0.4, 0.5) is 4.79 Å². The molecule has 4 N–H and O–H groups in total. The standard InChI is InChI=1S/C15H25NO8/c1-7-22-14(6,23-12(19)10(4)5)24-13(20)16-15(21,8-17)11(18)9(2)3/h17-18,21H,4,7-8H2,1-3,5-6H3,(H,16,20). The molecule has 0 aromatic rings. The summed E-state index contributed by atoms with van der Waals surface area (Å²) < 4.78 is 14.9. The molecule has 0 aliphatic heterocycles. The Morgan fingerprint density at radius 2 is 1.75 bits per heavy atom. The van der Waals surface area contributed by atoms with Gasteiger partial charge in [0.15, 0.2) is 0 Å². The van der Waals surface area contributed by atoms with E-state index in [0.29, 0.717) is 0 Å². The van der Waals surface area contributed by atoms with Crippen molar-refractivity contribution in [3.8, 4) is 0 Å². The Labute approximate surface area is 140 Å². The van der Waals surface area contributed by atoms with Gasteiger partial charge in [-0.3, -0.25) is 5.32 Å². The number of carbonyl (C=O) groups is 2. The van der Waals surface area contributed by atoms with Crippen molar-refractivity contribution in [2.45, 2.75) is 46.3 Å². The van der Waals surface area contributed by atoms with Crippen molar-refractivity contribution in [3.63, 3.8) is 0 Å². The molecule has 138 valence electrons. The van der Waals surface area contributed by atoms with Gasteiger partial charge in [0.05, 0.1) is 13.2 Å². The maximum atomic E-state index is 12.0. The van der Waals surface area contributed by atoms with Gasteiger partial charge in [0.2, 0.25) is 5.72 Å². The molecular formula is C15H25NO8. The zero-order chi connectivity index (χ0) is 19.1. The third-order valence-electron chi connectivity index (χ3n) is 2.71. The van der Waals surface area contributed by atoms with Crippen LogP contribution in [-0.2, 0) is 19.0 Å². The fourth-order valence-corrected chi connectivity index (χ4v) is 1.55. The molecule has 0 aliphatic rings. The van der Waals surface area contributed by atoms with Crippen LogP contribution in [0.25, 0.3) is 0 Å². The van der Waals surface area contributed by atoms with Gasteiger partial charge in [0.25, 0.3) is 0 Å². The van der Waals surface area contributed by atoms with E-state index in [1.165, 1.54) is 20.8 Å². The third-order valence-corrected chi connectivity index (χ3v) is 2.71. The van der Waals surface area contributed by atoms with Gasteiger partial charge in [-0.2, -0.15) is 0 Å². The van der Waals surface area contributed by atoms with Crippen LogP contribution in [0.5, 0.6) is 0 Å². The number of nitrogens with one attached hydrogen (secondary N) is 1. The van der Waals surface area contributed by atoms with Crippen molar-refractivity contribution in [2.75, 3.05) is 13.2 Å². The number of ether oxygens (including phenoxy) is 3. The van der Waals surface area contributed by atoms with E-state index in [2.05, 4.69) is 6.58 Å². The highest BCUT2D eigenvalue weighted by Gasteiger charge is 2.40. The minimum absolute atomic E-state index is 0.0384. The normalized spacial score (nSPS) is 15.5. The van der Waals surface area contributed by atoms with Gasteiger partial charge in [-0.15, -0.1) is 0 Å². The lowest BCUT2D eigenvalue weighted by atomic mass is 10.1. The first-order valence-electron chi connectivity index (χ1n) is 7.15. The van der Waals surface area contributed by atoms with Crippen molar-refractivity contribution in [3.05, 3.63) is 23.5 Å². The molecule has 2 unspecified atom stereocenters. The molecule has 0 fully saturated rings. The van der Waals surface area contributed by atoms with Crippen LogP contribution in [0.1, 0.15) is 34.6 Å². The smallest absolute Gasteiger partial charge is 0.414 e. The van der Waals surface area contributed by atoms with Gasteiger partial charge in [-0.05, 0) is 33.3 Å². The van der Waals surface area contributed by atoms with Crippen molar-refractivity contribution in [1.82, 2.24) is 5.32 Å². The van der Waals surface area contributed by atoms with E-state index in [1.807, 2.05) is 5.32 Å². The average Bonchev–Trinajstić information content (AvgIpc) is 2.45. The number of hydrogen-bond acceptors (Lipinski definition) is 8. The maximum absolute atomic E-state index is 12.0. The average molecular weight is 347 g/mol. The number of aliphatic hydroxyl groups is 3. The van der Waals surface area contributed by atoms with E-state index in [9.17, 15) is 24.9 Å². The fraction of sp³-hybridized carbons (Fsp3) is 0.600. The second kappa shape index (κ2) is 8.67. The monoisotopic (exact) mass is 347 g/mol. The van der Waals surface area contributed by atoms with E-state index >= 15 is 0 Å². The zero-order valence-corrected chi connectivity index (χ0v) is 14.5. The zero-order valence-electron chi connectivity index (χ0n) is 14.5. The highest BCUT2D eigenvalue weighted by Crippen LogP contribution is 2.19. The Balaban J connectivity index is 5.24. The molecule has 0 aliphatic carbocycles. The van der Waals surface area contributed by atoms with Gasteiger partial charge in [-0.25, -0.2) is 9.59 Å². The first-order valence-corrected chi connectivity index (χ1v) is 7.15. The molecule has 0 saturated heterocycles. The summed E-state index contributed by atoms with van der Waals surface area (Å²) in [6.45, 7) is 9.47. The number of alkyl carbamates (subject to hydrolysis) is 1. The van der Waals surface area contributed by atoms with Gasteiger partial charge < -0.3 is 29.5 Å². The summed E-state index contributed by atoms with van der Waals surface area (Å²) in [5.74, 6) is -3.60. The summed E-state index contributed by atoms with van der Waals surface area (Å²) in [6.07, 6.45) is -1.30. The van der Waals surface area contributed by atoms with E-state index in [1.54, 1.807) is 6.92 Å². The fourth-order valence-electron chi connectivity index (χ4n) is 1.55. The highest BCUT2D eigenvalue weighted by molar-refractivity contribution is 5.87. The summed E-state index contributed by atoms with van der Waals surface area (Å²) in [6, 6.07) is 0. The van der Waals surface area contributed by atoms with Gasteiger partial charge in [-0.1, -0.05) is 6.58 Å². The van der Waals surface area contributed by atoms with Crippen LogP contribution in [0, 0.1) is 0 Å². The lowest BCUT2D eigenvalue weighted by Gasteiger charge is -2.31. The van der Waals surface area contributed by atoms with Crippen LogP contribution < -0.4 is 5.32 Å². The van der Waals surface area contributed by atoms with Gasteiger partial charge in [0.1, 0.15) is 5.76 Å². The predicted octanol–water partition coefficient (Wildman–Crippen LogP) is 1.07. The van der Waals surface area contributed by atoms with E-state index in [4.69, 9.17) is 14.2 Å². The summed E-state index contributed by atoms with van der Waals surface area (Å²) >= 11 is 0. The molecule has 0 aromatic carbocycles. The molecule has 0 spiro atoms. The first kappa shape index (κ1) is 21.9. The molecule has 1 amide bonds. The Kier molecular flexibility index (Phi) is 7.91. The molecule has 9 nitrogen and oxygen atoms in total. The summed E-state index contributed by atoms with van der Waals surface area (Å²) in [5.41, 5.74) is -2.14. The van der Waals surface area contributed by atoms with E-state index in [-0.39, 0.29) is 17.8 Å². The van der Waals surface area contributed by atoms with Gasteiger partial charge >= 0.3 is 18.0 Å². The van der Waals surface area contributed by atoms with Crippen LogP contribution in [0.3, 0.4) is 0 Å². The number of amides is 1. The van der Waals surface area contributed by atoms with Crippen molar-refractivity contribution < 1.29 is 39.1 Å². The molecule has 0 heterocycles. The van der Waals surface area contributed by atoms with Crippen LogP contribution in [-0.4, -0.2) is 52.3 Å². The van der Waals surface area contributed by atoms with Crippen molar-refractivity contribution >= 4 is 12.1 Å². The first-order chi connectivity index (χ1) is 10.9. The summed E-state index contributed by atoms with van der Waals surface area (Å²) in [7, 11) is 0. The molecule has 2 atom stereocenters. The quantitative estimate of drug-likeness (QED) is 0.222. The summed E-state index contributed by atoms with van der Waals surface area (Å²) in [4.78, 5) is 23.6. The van der Waals surface area contributed by atoms with Crippen molar-refractivity contribution in [2.24, 2.45) is 0 Å². The highest BCUT2D eigenvalue weighted by atomic mass is 16.9. The minimum atomic E-state index is -2.46. The molecule has 24 heavy (non-hydrogen) atoms. The predicted molar refractivity (Wildman–Crippen MR) is 83.6 cm³/mol. The topological polar surface area (TPSA) is 135 Å². The Hall–Kier alpha value is -2.10. The number of hydrogen-bond donors (Lipinski definition) is 4. The second-order valence-electron chi connectivity index (χ2n) is 5.35. The number of rotatable bonds is 8. The molecule has 0 bridgehead atoms. The van der Waals surface area contributed by atoms with E-state index < -0.39 is 36.1 Å². The molecular weight excluding hydrogens is 322 g/mol. The van der Waals surface area contributed by atoms with Crippen LogP contribution in [0.2, 0.25) is 0 Å². The molecule has 0 rings (SSSR count). The second-order valence-corrected chi connectivity index (χ2v) is 5.35. The minimum Gasteiger partial charge on any atom is -0.507 e. The van der Waals surface area contributed by atoms with Crippen LogP contribution in [0.15, 0.2) is 23.5 Å². The molecule has 0 saturated carbocycles. The summed E-state index contributed by atoms with van der Waals surface area (Å²) in [5, 5.41) is 31.0. The lowest BCUT2D eigenvalue weighted by Crippen LogP contribution is -2.55. The number of esters is 1. The van der Waals surface area contributed by atoms with Crippen LogP contribution >= 0.6 is 0 Å². The molecule has 0 radical (unpaired) electrons. The maximum Gasteiger partial charge on any atom is 0.414 e. The Bertz CT molecular complexity index is 526. The number of aliphatic hydroxyl groups excluding tert-OH is 2. The van der Waals surface area contributed by atoms with Crippen molar-refractivity contribution in [1.29, 1.82) is 0 Å². The van der Waals surface area contributed by atoms with E-state index in [0.717, 1.165) is 6.92 Å². The SMILES string of the molecule is C=C(C)C(=O)OC(C)(OCC)OC(=O)NC(O)(CO)C(O)=C(C)C. The number of carbonyl (C=O) groups excluding carboxylic acids is 2. The third kappa shape index (κ3) is 6.19. The lowest BCUT2D eigenvalue weighted by molar-refractivity contribution is -0.324.